The lowest BCUT2D eigenvalue weighted by Gasteiger charge is -2.16. The molecule has 0 atom stereocenters. The van der Waals surface area contributed by atoms with Crippen LogP contribution in [0.4, 0.5) is 11.5 Å². The molecule has 0 unspecified atom stereocenters. The quantitative estimate of drug-likeness (QED) is 0.596. The summed E-state index contributed by atoms with van der Waals surface area (Å²) in [6.45, 7) is 2.92. The second kappa shape index (κ2) is 8.25. The molecule has 3 aromatic heterocycles. The van der Waals surface area contributed by atoms with Crippen LogP contribution in [0.15, 0.2) is 41.0 Å². The van der Waals surface area contributed by atoms with Crippen LogP contribution in [0.3, 0.4) is 0 Å². The van der Waals surface area contributed by atoms with Crippen LogP contribution in [0.2, 0.25) is 0 Å². The van der Waals surface area contributed by atoms with Gasteiger partial charge in [0, 0.05) is 52.6 Å². The number of nitrogens with zero attached hydrogens (tertiary/aromatic N) is 6. The van der Waals surface area contributed by atoms with Gasteiger partial charge < -0.3 is 15.0 Å². The lowest BCUT2D eigenvalue weighted by molar-refractivity contribution is 0.331. The Balaban J connectivity index is 1.45. The van der Waals surface area contributed by atoms with Gasteiger partial charge in [-0.15, -0.1) is 5.10 Å². The SMILES string of the molecule is Cc1ccc(C2=C(COc3cc(NCc4cnn(C)c4N(C)C)c(=O)n(C)n3)C2)nc1. The molecule has 4 rings (SSSR count). The zero-order chi connectivity index (χ0) is 22.1. The first-order chi connectivity index (χ1) is 14.8. The molecule has 1 aliphatic rings. The number of aryl methyl sites for hydroxylation is 3. The summed E-state index contributed by atoms with van der Waals surface area (Å²) >= 11 is 0. The number of aromatic nitrogens is 5. The Morgan fingerprint density at radius 3 is 2.71 bits per heavy atom. The number of hydrogen-bond acceptors (Lipinski definition) is 7. The van der Waals surface area contributed by atoms with Crippen LogP contribution in [-0.4, -0.2) is 45.2 Å². The highest BCUT2D eigenvalue weighted by Crippen LogP contribution is 2.39. The van der Waals surface area contributed by atoms with Gasteiger partial charge in [-0.3, -0.25) is 14.5 Å². The molecule has 1 aliphatic carbocycles. The zero-order valence-corrected chi connectivity index (χ0v) is 18.5. The molecule has 0 spiro atoms. The third-order valence-corrected chi connectivity index (χ3v) is 5.22. The van der Waals surface area contributed by atoms with E-state index in [0.29, 0.717) is 24.7 Å². The van der Waals surface area contributed by atoms with E-state index in [1.165, 1.54) is 15.8 Å². The fourth-order valence-electron chi connectivity index (χ4n) is 3.53. The van der Waals surface area contributed by atoms with Crippen LogP contribution in [0.5, 0.6) is 5.88 Å². The van der Waals surface area contributed by atoms with Crippen molar-refractivity contribution in [2.45, 2.75) is 19.9 Å². The van der Waals surface area contributed by atoms with Gasteiger partial charge in [-0.05, 0) is 36.1 Å². The molecule has 3 heterocycles. The summed E-state index contributed by atoms with van der Waals surface area (Å²) < 4.78 is 8.97. The van der Waals surface area contributed by atoms with Crippen LogP contribution in [0.25, 0.3) is 5.57 Å². The summed E-state index contributed by atoms with van der Waals surface area (Å²) in [5.74, 6) is 1.38. The Labute approximate surface area is 181 Å². The molecule has 0 aromatic carbocycles. The Bertz CT molecular complexity index is 1190. The van der Waals surface area contributed by atoms with Gasteiger partial charge in [0.15, 0.2) is 0 Å². The fraction of sp³-hybridized carbons (Fsp3) is 0.364. The molecule has 0 radical (unpaired) electrons. The molecule has 3 aromatic rings. The number of nitrogens with one attached hydrogen (secondary N) is 1. The minimum Gasteiger partial charge on any atom is -0.472 e. The third kappa shape index (κ3) is 4.45. The van der Waals surface area contributed by atoms with Gasteiger partial charge in [-0.1, -0.05) is 6.07 Å². The molecular formula is C22H27N7O2. The number of anilines is 2. The van der Waals surface area contributed by atoms with E-state index in [1.807, 2.05) is 45.2 Å². The van der Waals surface area contributed by atoms with Gasteiger partial charge in [-0.25, -0.2) is 4.68 Å². The number of ether oxygens (including phenoxy) is 1. The van der Waals surface area contributed by atoms with E-state index in [1.54, 1.807) is 24.0 Å². The maximum atomic E-state index is 12.5. The molecule has 0 bridgehead atoms. The summed E-state index contributed by atoms with van der Waals surface area (Å²) in [7, 11) is 7.44. The second-order valence-electron chi connectivity index (χ2n) is 7.96. The molecule has 0 fully saturated rings. The van der Waals surface area contributed by atoms with Crippen molar-refractivity contribution in [1.29, 1.82) is 0 Å². The minimum atomic E-state index is -0.210. The lowest BCUT2D eigenvalue weighted by atomic mass is 10.2. The molecule has 0 aliphatic heterocycles. The van der Waals surface area contributed by atoms with Crippen LogP contribution in [0, 0.1) is 6.92 Å². The summed E-state index contributed by atoms with van der Waals surface area (Å²) in [4.78, 5) is 19.0. The number of pyridine rings is 1. The third-order valence-electron chi connectivity index (χ3n) is 5.22. The smallest absolute Gasteiger partial charge is 0.290 e. The number of hydrogen-bond donors (Lipinski definition) is 1. The van der Waals surface area contributed by atoms with E-state index in [9.17, 15) is 4.79 Å². The van der Waals surface area contributed by atoms with Crippen LogP contribution < -0.4 is 20.5 Å². The Morgan fingerprint density at radius 2 is 2.00 bits per heavy atom. The van der Waals surface area contributed by atoms with E-state index in [0.717, 1.165) is 29.1 Å². The monoisotopic (exact) mass is 421 g/mol. The molecule has 0 saturated heterocycles. The molecule has 9 nitrogen and oxygen atoms in total. The highest BCUT2D eigenvalue weighted by atomic mass is 16.5. The summed E-state index contributed by atoms with van der Waals surface area (Å²) in [5.41, 5.74) is 5.77. The maximum Gasteiger partial charge on any atom is 0.290 e. The average molecular weight is 422 g/mol. The molecule has 0 saturated carbocycles. The first-order valence-corrected chi connectivity index (χ1v) is 10.1. The second-order valence-corrected chi connectivity index (χ2v) is 7.96. The molecular weight excluding hydrogens is 394 g/mol. The summed E-state index contributed by atoms with van der Waals surface area (Å²) in [6, 6.07) is 5.74. The van der Waals surface area contributed by atoms with Gasteiger partial charge >= 0.3 is 0 Å². The summed E-state index contributed by atoms with van der Waals surface area (Å²) in [5, 5.41) is 11.7. The standard InChI is InChI=1S/C22H27N7O2/c1-14-6-7-18(23-10-14)17-8-15(17)13-31-20-9-19(22(30)29(5)26-20)24-11-16-12-25-28(4)21(16)27(2)3/h6-7,9-10,12,24H,8,11,13H2,1-5H3. The van der Waals surface area contributed by atoms with Crippen molar-refractivity contribution >= 4 is 17.1 Å². The highest BCUT2D eigenvalue weighted by Gasteiger charge is 2.24. The van der Waals surface area contributed by atoms with Gasteiger partial charge in [0.05, 0.1) is 11.9 Å². The van der Waals surface area contributed by atoms with Gasteiger partial charge in [0.25, 0.3) is 5.56 Å². The van der Waals surface area contributed by atoms with Crippen LogP contribution >= 0.6 is 0 Å². The molecule has 9 heteroatoms. The lowest BCUT2D eigenvalue weighted by Crippen LogP contribution is -2.24. The number of allylic oxidation sites excluding steroid dienone is 1. The minimum absolute atomic E-state index is 0.210. The van der Waals surface area contributed by atoms with Crippen molar-refractivity contribution in [3.63, 3.8) is 0 Å². The van der Waals surface area contributed by atoms with Crippen molar-refractivity contribution in [2.24, 2.45) is 14.1 Å². The topological polar surface area (TPSA) is 90.1 Å². The van der Waals surface area contributed by atoms with Gasteiger partial charge in [0.1, 0.15) is 18.1 Å². The van der Waals surface area contributed by atoms with E-state index in [4.69, 9.17) is 4.74 Å². The van der Waals surface area contributed by atoms with Crippen molar-refractivity contribution in [2.75, 3.05) is 30.9 Å². The van der Waals surface area contributed by atoms with Gasteiger partial charge in [-0.2, -0.15) is 5.10 Å². The van der Waals surface area contributed by atoms with Gasteiger partial charge in [0.2, 0.25) is 5.88 Å². The van der Waals surface area contributed by atoms with E-state index >= 15 is 0 Å². The molecule has 31 heavy (non-hydrogen) atoms. The van der Waals surface area contributed by atoms with Crippen LogP contribution in [-0.2, 0) is 20.6 Å². The first-order valence-electron chi connectivity index (χ1n) is 10.1. The largest absolute Gasteiger partial charge is 0.472 e. The highest BCUT2D eigenvalue weighted by molar-refractivity contribution is 5.81. The Kier molecular flexibility index (Phi) is 5.50. The molecule has 162 valence electrons. The van der Waals surface area contributed by atoms with E-state index in [-0.39, 0.29) is 5.56 Å². The van der Waals surface area contributed by atoms with E-state index in [2.05, 4.69) is 26.6 Å². The normalized spacial score (nSPS) is 12.8. The molecule has 0 amide bonds. The van der Waals surface area contributed by atoms with Crippen LogP contribution in [0.1, 0.15) is 23.2 Å². The fourth-order valence-corrected chi connectivity index (χ4v) is 3.53. The average Bonchev–Trinajstić information content (AvgIpc) is 3.41. The first kappa shape index (κ1) is 20.6. The Morgan fingerprint density at radius 1 is 1.19 bits per heavy atom. The predicted octanol–water partition coefficient (Wildman–Crippen LogP) is 2.13. The molecule has 1 N–H and O–H groups in total. The van der Waals surface area contributed by atoms with E-state index < -0.39 is 0 Å². The summed E-state index contributed by atoms with van der Waals surface area (Å²) in [6.07, 6.45) is 4.56. The van der Waals surface area contributed by atoms with Crippen molar-refractivity contribution in [3.05, 3.63) is 63.3 Å². The van der Waals surface area contributed by atoms with Crippen molar-refractivity contribution in [3.8, 4) is 5.88 Å². The van der Waals surface area contributed by atoms with Crippen molar-refractivity contribution in [1.82, 2.24) is 24.5 Å². The zero-order valence-electron chi connectivity index (χ0n) is 18.5. The number of rotatable bonds is 8. The van der Waals surface area contributed by atoms with Crippen molar-refractivity contribution < 1.29 is 4.74 Å². The Hall–Kier alpha value is -3.62. The predicted molar refractivity (Wildman–Crippen MR) is 120 cm³/mol. The maximum absolute atomic E-state index is 12.5.